The number of anilines is 1. The zero-order chi connectivity index (χ0) is 17.3. The van der Waals surface area contributed by atoms with E-state index in [4.69, 9.17) is 4.74 Å². The van der Waals surface area contributed by atoms with Crippen LogP contribution in [0.15, 0.2) is 35.7 Å². The summed E-state index contributed by atoms with van der Waals surface area (Å²) >= 11 is 1.40. The van der Waals surface area contributed by atoms with Gasteiger partial charge in [0.1, 0.15) is 5.75 Å². The number of amides is 2. The number of fused-ring (bicyclic) bond motifs is 1. The molecule has 0 bridgehead atoms. The third-order valence-electron chi connectivity index (χ3n) is 3.96. The molecule has 1 atom stereocenters. The maximum Gasteiger partial charge on any atom is 0.265 e. The lowest BCUT2D eigenvalue weighted by Crippen LogP contribution is -2.41. The van der Waals surface area contributed by atoms with Crippen LogP contribution < -0.4 is 10.1 Å². The van der Waals surface area contributed by atoms with E-state index in [-0.39, 0.29) is 17.9 Å². The van der Waals surface area contributed by atoms with Crippen molar-refractivity contribution in [1.29, 1.82) is 0 Å². The van der Waals surface area contributed by atoms with Crippen molar-refractivity contribution in [2.45, 2.75) is 39.5 Å². The van der Waals surface area contributed by atoms with Crippen LogP contribution in [-0.2, 0) is 11.3 Å². The molecule has 6 heteroatoms. The Morgan fingerprint density at radius 2 is 2.17 bits per heavy atom. The Morgan fingerprint density at radius 1 is 1.38 bits per heavy atom. The van der Waals surface area contributed by atoms with Gasteiger partial charge < -0.3 is 15.0 Å². The van der Waals surface area contributed by atoms with Crippen LogP contribution in [0.5, 0.6) is 5.75 Å². The van der Waals surface area contributed by atoms with Crippen LogP contribution >= 0.6 is 11.3 Å². The minimum atomic E-state index is -0.514. The Morgan fingerprint density at radius 3 is 2.83 bits per heavy atom. The first-order chi connectivity index (χ1) is 11.5. The van der Waals surface area contributed by atoms with Gasteiger partial charge in [-0.25, -0.2) is 0 Å². The summed E-state index contributed by atoms with van der Waals surface area (Å²) in [5, 5.41) is 4.76. The van der Waals surface area contributed by atoms with E-state index in [2.05, 4.69) is 5.32 Å². The molecule has 1 aliphatic rings. The Kier molecular flexibility index (Phi) is 4.57. The van der Waals surface area contributed by atoms with E-state index in [1.54, 1.807) is 24.0 Å². The zero-order valence-corrected chi connectivity index (χ0v) is 14.7. The fraction of sp³-hybridized carbons (Fsp3) is 0.333. The highest BCUT2D eigenvalue weighted by atomic mass is 32.1. The quantitative estimate of drug-likeness (QED) is 0.927. The summed E-state index contributed by atoms with van der Waals surface area (Å²) in [7, 11) is 0. The van der Waals surface area contributed by atoms with Gasteiger partial charge in [0.2, 0.25) is 0 Å². The third-order valence-corrected chi connectivity index (χ3v) is 4.83. The largest absolute Gasteiger partial charge is 0.481 e. The van der Waals surface area contributed by atoms with Crippen LogP contribution in [0.2, 0.25) is 0 Å². The summed E-state index contributed by atoms with van der Waals surface area (Å²) in [5.41, 5.74) is 1.59. The second-order valence-electron chi connectivity index (χ2n) is 6.07. The lowest BCUT2D eigenvalue weighted by molar-refractivity contribution is -0.139. The van der Waals surface area contributed by atoms with Gasteiger partial charge in [-0.3, -0.25) is 9.59 Å². The number of benzene rings is 1. The molecule has 0 spiro atoms. The molecule has 2 heterocycles. The number of hydrogen-bond donors (Lipinski definition) is 1. The molecule has 5 nitrogen and oxygen atoms in total. The number of ether oxygens (including phenoxy) is 1. The summed E-state index contributed by atoms with van der Waals surface area (Å²) in [6.07, 6.45) is -0.514. The summed E-state index contributed by atoms with van der Waals surface area (Å²) in [4.78, 5) is 27.1. The van der Waals surface area contributed by atoms with Gasteiger partial charge in [0.25, 0.3) is 11.8 Å². The lowest BCUT2D eigenvalue weighted by Gasteiger charge is -2.26. The molecule has 2 aromatic rings. The van der Waals surface area contributed by atoms with Crippen molar-refractivity contribution in [3.8, 4) is 5.75 Å². The van der Waals surface area contributed by atoms with Crippen molar-refractivity contribution in [2.75, 3.05) is 5.32 Å². The zero-order valence-electron chi connectivity index (χ0n) is 13.9. The molecule has 2 amide bonds. The van der Waals surface area contributed by atoms with Crippen molar-refractivity contribution < 1.29 is 14.3 Å². The molecule has 1 N–H and O–H groups in total. The van der Waals surface area contributed by atoms with E-state index in [1.807, 2.05) is 37.4 Å². The summed E-state index contributed by atoms with van der Waals surface area (Å²) in [6, 6.07) is 9.20. The van der Waals surface area contributed by atoms with Crippen LogP contribution in [0, 0.1) is 0 Å². The monoisotopic (exact) mass is 344 g/mol. The fourth-order valence-corrected chi connectivity index (χ4v) is 3.29. The number of carbonyl (C=O) groups is 2. The summed E-state index contributed by atoms with van der Waals surface area (Å²) in [5.74, 6) is 0.531. The molecule has 3 rings (SSSR count). The predicted octanol–water partition coefficient (Wildman–Crippen LogP) is 3.52. The summed E-state index contributed by atoms with van der Waals surface area (Å²) < 4.78 is 5.78. The highest BCUT2D eigenvalue weighted by molar-refractivity contribution is 7.12. The summed E-state index contributed by atoms with van der Waals surface area (Å²) in [6.45, 7) is 6.20. The van der Waals surface area contributed by atoms with E-state index < -0.39 is 6.10 Å². The number of nitrogens with one attached hydrogen (secondary N) is 1. The van der Waals surface area contributed by atoms with Crippen LogP contribution in [-0.4, -0.2) is 28.9 Å². The molecular weight excluding hydrogens is 324 g/mol. The minimum absolute atomic E-state index is 0.0228. The Hall–Kier alpha value is -2.34. The smallest absolute Gasteiger partial charge is 0.265 e. The number of thiophene rings is 1. The molecule has 0 unspecified atom stereocenters. The van der Waals surface area contributed by atoms with Crippen molar-refractivity contribution >= 4 is 28.8 Å². The Labute approximate surface area is 145 Å². The first-order valence-electron chi connectivity index (χ1n) is 7.90. The average Bonchev–Trinajstić information content (AvgIpc) is 3.04. The fourth-order valence-electron chi connectivity index (χ4n) is 2.67. The van der Waals surface area contributed by atoms with Gasteiger partial charge in [0.05, 0.1) is 4.88 Å². The van der Waals surface area contributed by atoms with Crippen molar-refractivity contribution in [3.05, 3.63) is 46.2 Å². The first kappa shape index (κ1) is 16.5. The second-order valence-corrected chi connectivity index (χ2v) is 7.02. The van der Waals surface area contributed by atoms with Crippen LogP contribution in [0.4, 0.5) is 5.69 Å². The SMILES string of the molecule is CC(C)N1Cc2cc(NC(=O)c3cccs3)ccc2O[C@H](C)C1=O. The average molecular weight is 344 g/mol. The van der Waals surface area contributed by atoms with Gasteiger partial charge in [0.15, 0.2) is 6.10 Å². The van der Waals surface area contributed by atoms with E-state index in [1.165, 1.54) is 11.3 Å². The van der Waals surface area contributed by atoms with Gasteiger partial charge in [-0.1, -0.05) is 6.07 Å². The normalized spacial score (nSPS) is 17.2. The van der Waals surface area contributed by atoms with Gasteiger partial charge >= 0.3 is 0 Å². The molecule has 126 valence electrons. The number of carbonyl (C=O) groups excluding carboxylic acids is 2. The number of hydrogen-bond acceptors (Lipinski definition) is 4. The van der Waals surface area contributed by atoms with Gasteiger partial charge in [-0.05, 0) is 50.4 Å². The Balaban J connectivity index is 1.86. The maximum atomic E-state index is 12.4. The van der Waals surface area contributed by atoms with Crippen molar-refractivity contribution in [3.63, 3.8) is 0 Å². The number of nitrogens with zero attached hydrogens (tertiary/aromatic N) is 1. The van der Waals surface area contributed by atoms with E-state index in [0.717, 1.165) is 5.56 Å². The third kappa shape index (κ3) is 3.28. The highest BCUT2D eigenvalue weighted by Crippen LogP contribution is 2.29. The molecule has 1 aromatic carbocycles. The van der Waals surface area contributed by atoms with Gasteiger partial charge in [0, 0.05) is 23.8 Å². The standard InChI is InChI=1S/C18H20N2O3S/c1-11(2)20-10-13-9-14(19-17(21)16-5-4-8-24-16)6-7-15(13)23-12(3)18(20)22/h4-9,11-12H,10H2,1-3H3,(H,19,21)/t12-/m1/s1. The molecule has 0 aliphatic carbocycles. The van der Waals surface area contributed by atoms with Gasteiger partial charge in [-0.15, -0.1) is 11.3 Å². The molecule has 0 saturated carbocycles. The van der Waals surface area contributed by atoms with Gasteiger partial charge in [-0.2, -0.15) is 0 Å². The first-order valence-corrected chi connectivity index (χ1v) is 8.78. The van der Waals surface area contributed by atoms with E-state index in [9.17, 15) is 9.59 Å². The molecule has 0 radical (unpaired) electrons. The van der Waals surface area contributed by atoms with E-state index in [0.29, 0.717) is 22.9 Å². The van der Waals surface area contributed by atoms with Crippen LogP contribution in [0.3, 0.4) is 0 Å². The molecule has 0 saturated heterocycles. The molecular formula is C18H20N2O3S. The second kappa shape index (κ2) is 6.65. The molecule has 0 fully saturated rings. The lowest BCUT2D eigenvalue weighted by atomic mass is 10.1. The predicted molar refractivity (Wildman–Crippen MR) is 94.5 cm³/mol. The minimum Gasteiger partial charge on any atom is -0.481 e. The molecule has 1 aliphatic heterocycles. The van der Waals surface area contributed by atoms with Crippen molar-refractivity contribution in [2.24, 2.45) is 0 Å². The Bertz CT molecular complexity index is 756. The van der Waals surface area contributed by atoms with Crippen LogP contribution in [0.25, 0.3) is 0 Å². The van der Waals surface area contributed by atoms with Crippen molar-refractivity contribution in [1.82, 2.24) is 4.90 Å². The molecule has 1 aromatic heterocycles. The highest BCUT2D eigenvalue weighted by Gasteiger charge is 2.29. The topological polar surface area (TPSA) is 58.6 Å². The van der Waals surface area contributed by atoms with E-state index >= 15 is 0 Å². The van der Waals surface area contributed by atoms with Crippen LogP contribution in [0.1, 0.15) is 36.0 Å². The maximum absolute atomic E-state index is 12.4. The molecule has 24 heavy (non-hydrogen) atoms. The number of rotatable bonds is 3.